The van der Waals surface area contributed by atoms with Crippen molar-refractivity contribution < 1.29 is 32.2 Å². The summed E-state index contributed by atoms with van der Waals surface area (Å²) >= 11 is 0. The molecule has 3 atom stereocenters. The Morgan fingerprint density at radius 1 is 1.17 bits per heavy atom. The third-order valence-electron chi connectivity index (χ3n) is 7.82. The molecule has 1 aliphatic heterocycles. The highest BCUT2D eigenvalue weighted by molar-refractivity contribution is 7.89. The van der Waals surface area contributed by atoms with E-state index in [-0.39, 0.29) is 59.8 Å². The van der Waals surface area contributed by atoms with Crippen molar-refractivity contribution in [3.8, 4) is 5.75 Å². The number of sulfonamides is 1. The van der Waals surface area contributed by atoms with Gasteiger partial charge in [0.2, 0.25) is 10.0 Å². The minimum Gasteiger partial charge on any atom is -0.488 e. The Morgan fingerprint density at radius 2 is 1.85 bits per heavy atom. The van der Waals surface area contributed by atoms with Gasteiger partial charge in [0.1, 0.15) is 17.7 Å². The largest absolute Gasteiger partial charge is 0.488 e. The van der Waals surface area contributed by atoms with Gasteiger partial charge in [-0.05, 0) is 62.2 Å². The maximum atomic E-state index is 13.7. The van der Waals surface area contributed by atoms with E-state index >= 15 is 0 Å². The summed E-state index contributed by atoms with van der Waals surface area (Å²) in [7, 11) is -2.52. The summed E-state index contributed by atoms with van der Waals surface area (Å²) < 4.78 is 47.2. The molecular formula is C29H39FN4O6S. The highest BCUT2D eigenvalue weighted by atomic mass is 32.2. The van der Waals surface area contributed by atoms with E-state index in [0.29, 0.717) is 5.69 Å². The van der Waals surface area contributed by atoms with Crippen molar-refractivity contribution in [2.75, 3.05) is 32.1 Å². The normalized spacial score (nSPS) is 20.9. The predicted molar refractivity (Wildman–Crippen MR) is 153 cm³/mol. The van der Waals surface area contributed by atoms with Gasteiger partial charge in [-0.3, -0.25) is 4.79 Å². The summed E-state index contributed by atoms with van der Waals surface area (Å²) in [6.07, 6.45) is 4.53. The number of urea groups is 1. The summed E-state index contributed by atoms with van der Waals surface area (Å²) in [5.74, 6) is -0.975. The zero-order chi connectivity index (χ0) is 29.7. The Bertz CT molecular complexity index is 1330. The lowest BCUT2D eigenvalue weighted by atomic mass is 9.96. The van der Waals surface area contributed by atoms with E-state index < -0.39 is 28.0 Å². The van der Waals surface area contributed by atoms with Crippen molar-refractivity contribution in [2.24, 2.45) is 5.92 Å². The molecular weight excluding hydrogens is 551 g/mol. The van der Waals surface area contributed by atoms with Crippen LogP contribution < -0.4 is 15.4 Å². The zero-order valence-corrected chi connectivity index (χ0v) is 24.5. The van der Waals surface area contributed by atoms with Crippen molar-refractivity contribution in [1.82, 2.24) is 14.5 Å². The van der Waals surface area contributed by atoms with Gasteiger partial charge >= 0.3 is 6.03 Å². The average Bonchev–Trinajstić information content (AvgIpc) is 2.95. The first-order valence-corrected chi connectivity index (χ1v) is 15.5. The van der Waals surface area contributed by atoms with Crippen LogP contribution in [0.3, 0.4) is 0 Å². The lowest BCUT2D eigenvalue weighted by Crippen LogP contribution is -2.50. The fourth-order valence-corrected chi connectivity index (χ4v) is 6.44. The average molecular weight is 591 g/mol. The third-order valence-corrected chi connectivity index (χ3v) is 9.66. The third kappa shape index (κ3) is 7.35. The summed E-state index contributed by atoms with van der Waals surface area (Å²) in [5.41, 5.74) is 0.605. The molecule has 10 nitrogen and oxygen atoms in total. The molecule has 1 fully saturated rings. The van der Waals surface area contributed by atoms with Gasteiger partial charge in [0, 0.05) is 31.2 Å². The number of anilines is 1. The molecule has 0 bridgehead atoms. The fourth-order valence-electron chi connectivity index (χ4n) is 5.26. The van der Waals surface area contributed by atoms with Gasteiger partial charge in [-0.1, -0.05) is 26.2 Å². The van der Waals surface area contributed by atoms with Gasteiger partial charge in [-0.15, -0.1) is 0 Å². The van der Waals surface area contributed by atoms with Crippen molar-refractivity contribution in [3.05, 3.63) is 53.8 Å². The molecule has 0 aromatic heterocycles. The van der Waals surface area contributed by atoms with Gasteiger partial charge < -0.3 is 25.4 Å². The SMILES string of the molecule is C[C@H]1CN([C@@H](C)CO)C(=O)c2cc(NC(=O)NC3CCCCC3)ccc2O[C@H]1CN(C)S(=O)(=O)c1ccc(F)cc1. The smallest absolute Gasteiger partial charge is 0.319 e. The molecule has 1 saturated carbocycles. The summed E-state index contributed by atoms with van der Waals surface area (Å²) in [6.45, 7) is 3.48. The molecule has 1 heterocycles. The van der Waals surface area contributed by atoms with E-state index in [9.17, 15) is 27.5 Å². The molecule has 3 N–H and O–H groups in total. The Hall–Kier alpha value is -3.22. The summed E-state index contributed by atoms with van der Waals surface area (Å²) in [6, 6.07) is 8.62. The lowest BCUT2D eigenvalue weighted by Gasteiger charge is -2.38. The molecule has 12 heteroatoms. The first-order chi connectivity index (χ1) is 19.5. The number of hydrogen-bond donors (Lipinski definition) is 3. The molecule has 0 spiro atoms. The van der Waals surface area contributed by atoms with E-state index in [4.69, 9.17) is 4.74 Å². The molecule has 224 valence electrons. The van der Waals surface area contributed by atoms with Gasteiger partial charge in [0.15, 0.2) is 0 Å². The molecule has 3 amide bonds. The fraction of sp³-hybridized carbons (Fsp3) is 0.517. The Balaban J connectivity index is 1.59. The first-order valence-electron chi connectivity index (χ1n) is 14.0. The molecule has 2 aliphatic rings. The van der Waals surface area contributed by atoms with Crippen LogP contribution >= 0.6 is 0 Å². The number of hydrogen-bond acceptors (Lipinski definition) is 6. The van der Waals surface area contributed by atoms with Gasteiger partial charge in [0.05, 0.1) is 29.7 Å². The number of aliphatic hydroxyl groups excluding tert-OH is 1. The van der Waals surface area contributed by atoms with Crippen molar-refractivity contribution >= 4 is 27.6 Å². The van der Waals surface area contributed by atoms with E-state index in [1.807, 2.05) is 6.92 Å². The standard InChI is InChI=1S/C29H39FN4O6S/c1-19-16-34(20(2)18-35)28(36)25-15-23(32-29(37)31-22-7-5-4-6-8-22)11-14-26(25)40-27(19)17-33(3)41(38,39)24-12-9-21(30)10-13-24/h9-15,19-20,22,27,35H,4-8,16-18H2,1-3H3,(H2,31,32,37)/t19-,20-,27-/m0/s1. The molecule has 0 saturated heterocycles. The second-order valence-corrected chi connectivity index (χ2v) is 13.1. The molecule has 2 aromatic rings. The van der Waals surface area contributed by atoms with Crippen molar-refractivity contribution in [1.29, 1.82) is 0 Å². The maximum Gasteiger partial charge on any atom is 0.319 e. The van der Waals surface area contributed by atoms with Gasteiger partial charge in [-0.2, -0.15) is 4.31 Å². The summed E-state index contributed by atoms with van der Waals surface area (Å²) in [5, 5.41) is 15.7. The van der Waals surface area contributed by atoms with Gasteiger partial charge in [0.25, 0.3) is 5.91 Å². The first kappa shape index (κ1) is 30.7. The van der Waals surface area contributed by atoms with E-state index in [2.05, 4.69) is 10.6 Å². The van der Waals surface area contributed by atoms with Gasteiger partial charge in [-0.25, -0.2) is 17.6 Å². The number of nitrogens with zero attached hydrogens (tertiary/aromatic N) is 2. The van der Waals surface area contributed by atoms with Crippen LogP contribution in [-0.2, 0) is 10.0 Å². The minimum atomic E-state index is -3.94. The topological polar surface area (TPSA) is 128 Å². The molecule has 2 aromatic carbocycles. The summed E-state index contributed by atoms with van der Waals surface area (Å²) in [4.78, 5) is 27.8. The second kappa shape index (κ2) is 13.2. The highest BCUT2D eigenvalue weighted by Crippen LogP contribution is 2.31. The number of fused-ring (bicyclic) bond motifs is 1. The lowest BCUT2D eigenvalue weighted by molar-refractivity contribution is 0.0387. The molecule has 0 radical (unpaired) electrons. The van der Waals surface area contributed by atoms with E-state index in [1.165, 1.54) is 25.6 Å². The number of benzene rings is 2. The monoisotopic (exact) mass is 590 g/mol. The number of nitrogens with one attached hydrogen (secondary N) is 2. The van der Waals surface area contributed by atoms with Crippen LogP contribution in [0.5, 0.6) is 5.75 Å². The predicted octanol–water partition coefficient (Wildman–Crippen LogP) is 3.82. The van der Waals surface area contributed by atoms with E-state index in [1.54, 1.807) is 30.0 Å². The van der Waals surface area contributed by atoms with Crippen LogP contribution in [0.1, 0.15) is 56.3 Å². The van der Waals surface area contributed by atoms with Crippen LogP contribution in [0.4, 0.5) is 14.9 Å². The number of halogens is 1. The number of aliphatic hydroxyl groups is 1. The molecule has 1 aliphatic carbocycles. The van der Waals surface area contributed by atoms with Crippen LogP contribution in [-0.4, -0.2) is 79.6 Å². The number of likely N-dealkylation sites (N-methyl/N-ethyl adjacent to an activating group) is 1. The minimum absolute atomic E-state index is 0.0420. The Kier molecular flexibility index (Phi) is 9.88. The van der Waals surface area contributed by atoms with Crippen molar-refractivity contribution in [2.45, 2.75) is 69.0 Å². The zero-order valence-electron chi connectivity index (χ0n) is 23.7. The number of carbonyl (C=O) groups is 2. The quantitative estimate of drug-likeness (QED) is 0.429. The molecule has 0 unspecified atom stereocenters. The highest BCUT2D eigenvalue weighted by Gasteiger charge is 2.35. The van der Waals surface area contributed by atoms with E-state index in [0.717, 1.165) is 42.1 Å². The van der Waals surface area contributed by atoms with Crippen LogP contribution in [0.15, 0.2) is 47.4 Å². The Morgan fingerprint density at radius 3 is 2.51 bits per heavy atom. The molecule has 41 heavy (non-hydrogen) atoms. The number of amides is 3. The number of carbonyl (C=O) groups excluding carboxylic acids is 2. The number of rotatable bonds is 8. The maximum absolute atomic E-state index is 13.7. The number of ether oxygens (including phenoxy) is 1. The van der Waals surface area contributed by atoms with Crippen LogP contribution in [0.25, 0.3) is 0 Å². The Labute approximate surface area is 240 Å². The second-order valence-electron chi connectivity index (χ2n) is 11.0. The van der Waals surface area contributed by atoms with Crippen molar-refractivity contribution in [3.63, 3.8) is 0 Å². The van der Waals surface area contributed by atoms with Crippen LogP contribution in [0.2, 0.25) is 0 Å². The molecule has 4 rings (SSSR count). The van der Waals surface area contributed by atoms with Crippen LogP contribution in [0, 0.1) is 11.7 Å².